The number of carbonyl (C=O) groups is 2. The van der Waals surface area contributed by atoms with Gasteiger partial charge in [-0.15, -0.1) is 0 Å². The van der Waals surface area contributed by atoms with Crippen molar-refractivity contribution in [2.24, 2.45) is 34.5 Å². The number of Topliss-reactive ketones (excluding diaryl/α,β-unsaturated/α-hetero) is 1. The maximum atomic E-state index is 12.5. The number of ether oxygens (including phenoxy) is 1. The summed E-state index contributed by atoms with van der Waals surface area (Å²) in [5.74, 6) is 2.85. The summed E-state index contributed by atoms with van der Waals surface area (Å²) in [5, 5.41) is 0. The van der Waals surface area contributed by atoms with Crippen molar-refractivity contribution in [2.45, 2.75) is 97.5 Å². The molecule has 0 aromatic rings. The number of likely N-dealkylation sites (tertiary alicyclic amines) is 1. The summed E-state index contributed by atoms with van der Waals surface area (Å²) in [7, 11) is 0. The van der Waals surface area contributed by atoms with Crippen molar-refractivity contribution in [2.75, 3.05) is 19.6 Å². The summed E-state index contributed by atoms with van der Waals surface area (Å²) in [6.07, 6.45) is 14.7. The van der Waals surface area contributed by atoms with Crippen molar-refractivity contribution in [1.82, 2.24) is 4.90 Å². The SMILES string of the molecule is CC(=O)C1CCC2C3CC=C4CC(OC(=O)CCN5CCCC5)CCC4(C)C3CCC12C. The number of allylic oxidation sites excluding steroid dienone is 1. The zero-order valence-corrected chi connectivity index (χ0v) is 20.5. The van der Waals surface area contributed by atoms with Gasteiger partial charge in [0.15, 0.2) is 0 Å². The Kier molecular flexibility index (Phi) is 6.05. The second-order valence-corrected chi connectivity index (χ2v) is 12.2. The van der Waals surface area contributed by atoms with E-state index >= 15 is 0 Å². The van der Waals surface area contributed by atoms with E-state index in [0.29, 0.717) is 18.1 Å². The van der Waals surface area contributed by atoms with Crippen molar-refractivity contribution in [3.63, 3.8) is 0 Å². The van der Waals surface area contributed by atoms with Gasteiger partial charge in [-0.2, -0.15) is 0 Å². The molecule has 0 bridgehead atoms. The summed E-state index contributed by atoms with van der Waals surface area (Å²) in [4.78, 5) is 27.2. The third-order valence-corrected chi connectivity index (χ3v) is 10.7. The fraction of sp³-hybridized carbons (Fsp3) is 0.857. The number of carbonyl (C=O) groups excluding carboxylic acids is 2. The molecule has 1 saturated heterocycles. The maximum absolute atomic E-state index is 12.5. The van der Waals surface area contributed by atoms with Gasteiger partial charge < -0.3 is 9.64 Å². The van der Waals surface area contributed by atoms with Gasteiger partial charge in [0.25, 0.3) is 0 Å². The lowest BCUT2D eigenvalue weighted by Gasteiger charge is -2.58. The largest absolute Gasteiger partial charge is 0.462 e. The van der Waals surface area contributed by atoms with E-state index in [-0.39, 0.29) is 28.8 Å². The van der Waals surface area contributed by atoms with Crippen molar-refractivity contribution in [3.05, 3.63) is 11.6 Å². The van der Waals surface area contributed by atoms with Crippen LogP contribution in [0.1, 0.15) is 91.4 Å². The van der Waals surface area contributed by atoms with Crippen molar-refractivity contribution >= 4 is 11.8 Å². The van der Waals surface area contributed by atoms with Gasteiger partial charge in [-0.3, -0.25) is 9.59 Å². The topological polar surface area (TPSA) is 46.6 Å². The number of rotatable bonds is 5. The van der Waals surface area contributed by atoms with Crippen LogP contribution in [0.5, 0.6) is 0 Å². The van der Waals surface area contributed by atoms with Crippen LogP contribution in [0.15, 0.2) is 11.6 Å². The Morgan fingerprint density at radius 1 is 1.06 bits per heavy atom. The molecule has 0 N–H and O–H groups in total. The second kappa shape index (κ2) is 8.56. The predicted molar refractivity (Wildman–Crippen MR) is 126 cm³/mol. The Labute approximate surface area is 194 Å². The summed E-state index contributed by atoms with van der Waals surface area (Å²) in [6.45, 7) is 9.87. The first-order valence-electron chi connectivity index (χ1n) is 13.4. The van der Waals surface area contributed by atoms with E-state index in [9.17, 15) is 9.59 Å². The van der Waals surface area contributed by atoms with Gasteiger partial charge in [0.2, 0.25) is 0 Å². The quantitative estimate of drug-likeness (QED) is 0.414. The minimum atomic E-state index is -0.00514. The number of hydrogen-bond acceptors (Lipinski definition) is 4. The van der Waals surface area contributed by atoms with Crippen molar-refractivity contribution < 1.29 is 14.3 Å². The van der Waals surface area contributed by atoms with Gasteiger partial charge in [0.1, 0.15) is 11.9 Å². The van der Waals surface area contributed by atoms with Gasteiger partial charge in [0.05, 0.1) is 6.42 Å². The predicted octanol–water partition coefficient (Wildman–Crippen LogP) is 5.55. The Morgan fingerprint density at radius 3 is 2.59 bits per heavy atom. The molecule has 4 fully saturated rings. The molecule has 0 aromatic carbocycles. The van der Waals surface area contributed by atoms with E-state index in [2.05, 4.69) is 24.8 Å². The van der Waals surface area contributed by atoms with Crippen LogP contribution in [0.2, 0.25) is 0 Å². The van der Waals surface area contributed by atoms with Gasteiger partial charge in [-0.1, -0.05) is 25.5 Å². The molecule has 3 saturated carbocycles. The summed E-state index contributed by atoms with van der Waals surface area (Å²) < 4.78 is 5.96. The van der Waals surface area contributed by atoms with Crippen LogP contribution in [0.25, 0.3) is 0 Å². The normalized spacial score (nSPS) is 43.7. The molecular weight excluding hydrogens is 398 g/mol. The number of nitrogens with zero attached hydrogens (tertiary/aromatic N) is 1. The fourth-order valence-electron chi connectivity index (χ4n) is 8.90. The molecule has 4 heteroatoms. The van der Waals surface area contributed by atoms with Crippen LogP contribution < -0.4 is 0 Å². The van der Waals surface area contributed by atoms with E-state index in [0.717, 1.165) is 63.6 Å². The Bertz CT molecular complexity index is 784. The minimum absolute atomic E-state index is 0.00514. The molecule has 0 radical (unpaired) electrons. The van der Waals surface area contributed by atoms with Crippen LogP contribution in [-0.2, 0) is 14.3 Å². The molecule has 5 rings (SSSR count). The van der Waals surface area contributed by atoms with Crippen LogP contribution >= 0.6 is 0 Å². The van der Waals surface area contributed by atoms with E-state index in [4.69, 9.17) is 4.74 Å². The third kappa shape index (κ3) is 3.79. The Balaban J connectivity index is 1.23. The summed E-state index contributed by atoms with van der Waals surface area (Å²) in [5.41, 5.74) is 2.04. The average molecular weight is 442 g/mol. The fourth-order valence-corrected chi connectivity index (χ4v) is 8.90. The van der Waals surface area contributed by atoms with E-state index in [1.807, 2.05) is 6.92 Å². The van der Waals surface area contributed by atoms with E-state index in [1.165, 1.54) is 32.1 Å². The second-order valence-electron chi connectivity index (χ2n) is 12.2. The molecule has 0 aromatic heterocycles. The zero-order valence-electron chi connectivity index (χ0n) is 20.5. The molecule has 5 aliphatic rings. The maximum Gasteiger partial charge on any atom is 0.307 e. The van der Waals surface area contributed by atoms with Crippen molar-refractivity contribution in [1.29, 1.82) is 0 Å². The molecule has 0 amide bonds. The van der Waals surface area contributed by atoms with Crippen molar-refractivity contribution in [3.8, 4) is 0 Å². The van der Waals surface area contributed by atoms with Crippen LogP contribution in [0, 0.1) is 34.5 Å². The van der Waals surface area contributed by atoms with Gasteiger partial charge in [-0.25, -0.2) is 0 Å². The number of fused-ring (bicyclic) bond motifs is 5. The number of ketones is 1. The molecular formula is C28H43NO3. The highest BCUT2D eigenvalue weighted by molar-refractivity contribution is 5.79. The van der Waals surface area contributed by atoms with E-state index in [1.54, 1.807) is 5.57 Å². The van der Waals surface area contributed by atoms with Crippen LogP contribution in [0.3, 0.4) is 0 Å². The lowest BCUT2D eigenvalue weighted by molar-refractivity contribution is -0.152. The molecule has 178 valence electrons. The van der Waals surface area contributed by atoms with Gasteiger partial charge in [-0.05, 0) is 106 Å². The highest BCUT2D eigenvalue weighted by Gasteiger charge is 2.59. The first-order chi connectivity index (χ1) is 15.3. The molecule has 7 unspecified atom stereocenters. The lowest BCUT2D eigenvalue weighted by Crippen LogP contribution is -2.51. The number of esters is 1. The molecule has 0 spiro atoms. The molecule has 32 heavy (non-hydrogen) atoms. The summed E-state index contributed by atoms with van der Waals surface area (Å²) in [6, 6.07) is 0. The van der Waals surface area contributed by atoms with Gasteiger partial charge in [0, 0.05) is 18.9 Å². The summed E-state index contributed by atoms with van der Waals surface area (Å²) >= 11 is 0. The monoisotopic (exact) mass is 441 g/mol. The smallest absolute Gasteiger partial charge is 0.307 e. The average Bonchev–Trinajstić information content (AvgIpc) is 3.39. The first-order valence-corrected chi connectivity index (χ1v) is 13.4. The molecule has 7 atom stereocenters. The highest BCUT2D eigenvalue weighted by Crippen LogP contribution is 2.66. The molecule has 1 heterocycles. The molecule has 4 nitrogen and oxygen atoms in total. The minimum Gasteiger partial charge on any atom is -0.462 e. The standard InChI is InChI=1S/C28H43NO3/c1-19(30)23-8-9-24-22-7-6-20-18-21(32-26(31)12-17-29-15-4-5-16-29)10-13-27(20,2)25(22)11-14-28(23,24)3/h6,21-25H,4-5,7-18H2,1-3H3. The first kappa shape index (κ1) is 22.6. The third-order valence-electron chi connectivity index (χ3n) is 10.7. The lowest BCUT2D eigenvalue weighted by atomic mass is 9.47. The Hall–Kier alpha value is -1.16. The van der Waals surface area contributed by atoms with Gasteiger partial charge >= 0.3 is 5.97 Å². The van der Waals surface area contributed by atoms with Crippen LogP contribution in [0.4, 0.5) is 0 Å². The number of hydrogen-bond donors (Lipinski definition) is 0. The van der Waals surface area contributed by atoms with Crippen LogP contribution in [-0.4, -0.2) is 42.4 Å². The van der Waals surface area contributed by atoms with E-state index < -0.39 is 0 Å². The molecule has 1 aliphatic heterocycles. The Morgan fingerprint density at radius 2 is 1.84 bits per heavy atom. The highest BCUT2D eigenvalue weighted by atomic mass is 16.5. The molecule has 4 aliphatic carbocycles. The zero-order chi connectivity index (χ0) is 22.5.